The Bertz CT molecular complexity index is 243. The smallest absolute Gasteiger partial charge is 0.317 e. The summed E-state index contributed by atoms with van der Waals surface area (Å²) in [5, 5.41) is 12.4. The molecule has 0 aromatic carbocycles. The largest absolute Gasteiger partial charge is 0.392 e. The van der Waals surface area contributed by atoms with Gasteiger partial charge >= 0.3 is 6.03 Å². The van der Waals surface area contributed by atoms with Gasteiger partial charge in [-0.15, -0.1) is 0 Å². The number of hydrogen-bond donors (Lipinski definition) is 2. The third kappa shape index (κ3) is 5.20. The lowest BCUT2D eigenvalue weighted by Gasteiger charge is -2.35. The maximum atomic E-state index is 11.7. The highest BCUT2D eigenvalue weighted by Gasteiger charge is 2.21. The fourth-order valence-electron chi connectivity index (χ4n) is 1.93. The first kappa shape index (κ1) is 15.2. The van der Waals surface area contributed by atoms with Crippen molar-refractivity contribution in [2.75, 3.05) is 53.0 Å². The highest BCUT2D eigenvalue weighted by Crippen LogP contribution is 2.04. The first-order valence-corrected chi connectivity index (χ1v) is 6.59. The third-order valence-electron chi connectivity index (χ3n) is 3.18. The summed E-state index contributed by atoms with van der Waals surface area (Å²) in [5.74, 6) is 0. The molecule has 6 nitrogen and oxygen atoms in total. The quantitative estimate of drug-likeness (QED) is 0.645. The van der Waals surface area contributed by atoms with Gasteiger partial charge in [-0.25, -0.2) is 4.79 Å². The van der Waals surface area contributed by atoms with Crippen molar-refractivity contribution in [2.45, 2.75) is 19.4 Å². The molecule has 0 aromatic rings. The second-order valence-electron chi connectivity index (χ2n) is 4.57. The fourth-order valence-corrected chi connectivity index (χ4v) is 1.93. The molecular weight excluding hydrogens is 234 g/mol. The summed E-state index contributed by atoms with van der Waals surface area (Å²) in [6.45, 7) is 6.85. The van der Waals surface area contributed by atoms with Gasteiger partial charge in [0.2, 0.25) is 0 Å². The summed E-state index contributed by atoms with van der Waals surface area (Å²) in [4.78, 5) is 15.8. The van der Waals surface area contributed by atoms with E-state index in [-0.39, 0.29) is 12.1 Å². The predicted molar refractivity (Wildman–Crippen MR) is 69.6 cm³/mol. The van der Waals surface area contributed by atoms with Crippen LogP contribution in [-0.4, -0.2) is 80.0 Å². The molecule has 18 heavy (non-hydrogen) atoms. The molecule has 1 aliphatic rings. The molecule has 1 heterocycles. The predicted octanol–water partition coefficient (Wildman–Crippen LogP) is -0.269. The summed E-state index contributed by atoms with van der Waals surface area (Å²) < 4.78 is 4.88. The van der Waals surface area contributed by atoms with E-state index in [1.165, 1.54) is 0 Å². The Hall–Kier alpha value is -0.850. The molecule has 6 heteroatoms. The highest BCUT2D eigenvalue weighted by molar-refractivity contribution is 5.74. The summed E-state index contributed by atoms with van der Waals surface area (Å²) >= 11 is 0. The Morgan fingerprint density at radius 2 is 2.06 bits per heavy atom. The number of nitrogens with zero attached hydrogens (tertiary/aromatic N) is 2. The zero-order chi connectivity index (χ0) is 13.4. The number of urea groups is 1. The first-order valence-electron chi connectivity index (χ1n) is 6.59. The molecule has 0 spiro atoms. The van der Waals surface area contributed by atoms with E-state index in [1.807, 2.05) is 11.8 Å². The van der Waals surface area contributed by atoms with Gasteiger partial charge in [0.1, 0.15) is 0 Å². The SMILES string of the molecule is CCC(O)CN1CCN(C(=O)NCCOC)CC1. The van der Waals surface area contributed by atoms with Gasteiger partial charge in [0, 0.05) is 46.4 Å². The minimum atomic E-state index is -0.257. The van der Waals surface area contributed by atoms with Crippen LogP contribution in [0.4, 0.5) is 4.79 Å². The Kier molecular flexibility index (Phi) is 7.00. The van der Waals surface area contributed by atoms with E-state index in [0.29, 0.717) is 19.7 Å². The van der Waals surface area contributed by atoms with Crippen molar-refractivity contribution in [3.05, 3.63) is 0 Å². The molecular formula is C12H25N3O3. The number of β-amino-alcohol motifs (C(OH)–C–C–N with tert-alkyl or cyclic N) is 1. The molecule has 1 aliphatic heterocycles. The van der Waals surface area contributed by atoms with Gasteiger partial charge < -0.3 is 20.1 Å². The Morgan fingerprint density at radius 1 is 1.39 bits per heavy atom. The molecule has 1 rings (SSSR count). The van der Waals surface area contributed by atoms with Crippen LogP contribution in [0.25, 0.3) is 0 Å². The number of amides is 2. The van der Waals surface area contributed by atoms with Gasteiger partial charge in [-0.05, 0) is 6.42 Å². The van der Waals surface area contributed by atoms with E-state index in [9.17, 15) is 9.90 Å². The number of rotatable bonds is 6. The monoisotopic (exact) mass is 259 g/mol. The maximum Gasteiger partial charge on any atom is 0.317 e. The lowest BCUT2D eigenvalue weighted by atomic mass is 10.2. The lowest BCUT2D eigenvalue weighted by molar-refractivity contribution is 0.0787. The number of ether oxygens (including phenoxy) is 1. The van der Waals surface area contributed by atoms with E-state index < -0.39 is 0 Å². The van der Waals surface area contributed by atoms with E-state index in [2.05, 4.69) is 10.2 Å². The summed E-state index contributed by atoms with van der Waals surface area (Å²) in [6.07, 6.45) is 0.518. The van der Waals surface area contributed by atoms with Crippen molar-refractivity contribution < 1.29 is 14.6 Å². The zero-order valence-corrected chi connectivity index (χ0v) is 11.4. The van der Waals surface area contributed by atoms with E-state index in [4.69, 9.17) is 4.74 Å². The van der Waals surface area contributed by atoms with Crippen molar-refractivity contribution in [2.24, 2.45) is 0 Å². The van der Waals surface area contributed by atoms with Crippen LogP contribution in [0.2, 0.25) is 0 Å². The van der Waals surface area contributed by atoms with Crippen molar-refractivity contribution in [1.82, 2.24) is 15.1 Å². The second-order valence-corrected chi connectivity index (χ2v) is 4.57. The fraction of sp³-hybridized carbons (Fsp3) is 0.917. The lowest BCUT2D eigenvalue weighted by Crippen LogP contribution is -2.53. The molecule has 1 unspecified atom stereocenters. The molecule has 0 bridgehead atoms. The minimum absolute atomic E-state index is 0.0252. The second kappa shape index (κ2) is 8.29. The Balaban J connectivity index is 2.20. The molecule has 1 atom stereocenters. The molecule has 1 saturated heterocycles. The molecule has 0 radical (unpaired) electrons. The molecule has 0 aliphatic carbocycles. The minimum Gasteiger partial charge on any atom is -0.392 e. The van der Waals surface area contributed by atoms with Crippen LogP contribution in [0.5, 0.6) is 0 Å². The van der Waals surface area contributed by atoms with Crippen LogP contribution in [-0.2, 0) is 4.74 Å². The molecule has 0 saturated carbocycles. The number of aliphatic hydroxyl groups is 1. The standard InChI is InChI=1S/C12H25N3O3/c1-3-11(16)10-14-5-7-15(8-6-14)12(17)13-4-9-18-2/h11,16H,3-10H2,1-2H3,(H,13,17). The van der Waals surface area contributed by atoms with E-state index in [1.54, 1.807) is 7.11 Å². The van der Waals surface area contributed by atoms with Crippen molar-refractivity contribution in [3.8, 4) is 0 Å². The molecule has 2 amide bonds. The van der Waals surface area contributed by atoms with Crippen molar-refractivity contribution in [1.29, 1.82) is 0 Å². The topological polar surface area (TPSA) is 65.0 Å². The molecule has 1 fully saturated rings. The van der Waals surface area contributed by atoms with Gasteiger partial charge in [0.05, 0.1) is 12.7 Å². The number of carbonyl (C=O) groups is 1. The average Bonchev–Trinajstić information content (AvgIpc) is 2.39. The van der Waals surface area contributed by atoms with Gasteiger partial charge in [0.15, 0.2) is 0 Å². The molecule has 0 aromatic heterocycles. The van der Waals surface area contributed by atoms with Gasteiger partial charge in [-0.2, -0.15) is 0 Å². The summed E-state index contributed by atoms with van der Waals surface area (Å²) in [5.41, 5.74) is 0. The highest BCUT2D eigenvalue weighted by atomic mass is 16.5. The van der Waals surface area contributed by atoms with Gasteiger partial charge in [-0.1, -0.05) is 6.92 Å². The third-order valence-corrected chi connectivity index (χ3v) is 3.18. The zero-order valence-electron chi connectivity index (χ0n) is 11.4. The average molecular weight is 259 g/mol. The normalized spacial score (nSPS) is 18.7. The Morgan fingerprint density at radius 3 is 2.61 bits per heavy atom. The van der Waals surface area contributed by atoms with Crippen LogP contribution in [0.3, 0.4) is 0 Å². The number of nitrogens with one attached hydrogen (secondary N) is 1. The first-order chi connectivity index (χ1) is 8.67. The summed E-state index contributed by atoms with van der Waals surface area (Å²) in [7, 11) is 1.62. The van der Waals surface area contributed by atoms with Crippen LogP contribution >= 0.6 is 0 Å². The van der Waals surface area contributed by atoms with Crippen LogP contribution in [0, 0.1) is 0 Å². The van der Waals surface area contributed by atoms with Crippen molar-refractivity contribution >= 4 is 6.03 Å². The Labute approximate surface area is 109 Å². The summed E-state index contributed by atoms with van der Waals surface area (Å²) in [6, 6.07) is -0.0252. The number of hydrogen-bond acceptors (Lipinski definition) is 4. The van der Waals surface area contributed by atoms with Gasteiger partial charge in [-0.3, -0.25) is 4.90 Å². The van der Waals surface area contributed by atoms with Crippen LogP contribution in [0.15, 0.2) is 0 Å². The number of piperazine rings is 1. The maximum absolute atomic E-state index is 11.7. The van der Waals surface area contributed by atoms with Gasteiger partial charge in [0.25, 0.3) is 0 Å². The number of carbonyl (C=O) groups excluding carboxylic acids is 1. The number of methoxy groups -OCH3 is 1. The molecule has 106 valence electrons. The van der Waals surface area contributed by atoms with Crippen LogP contribution in [0.1, 0.15) is 13.3 Å². The van der Waals surface area contributed by atoms with E-state index in [0.717, 1.165) is 32.6 Å². The molecule has 2 N–H and O–H groups in total. The van der Waals surface area contributed by atoms with Crippen molar-refractivity contribution in [3.63, 3.8) is 0 Å². The number of aliphatic hydroxyl groups excluding tert-OH is 1. The van der Waals surface area contributed by atoms with Crippen LogP contribution < -0.4 is 5.32 Å². The van der Waals surface area contributed by atoms with E-state index >= 15 is 0 Å².